The summed E-state index contributed by atoms with van der Waals surface area (Å²) < 4.78 is 98.6. The zero-order valence-corrected chi connectivity index (χ0v) is 24.2. The molecule has 3 aromatic rings. The van der Waals surface area contributed by atoms with Crippen LogP contribution in [0.25, 0.3) is 0 Å². The van der Waals surface area contributed by atoms with Gasteiger partial charge in [0, 0.05) is 29.9 Å². The van der Waals surface area contributed by atoms with Crippen molar-refractivity contribution in [1.29, 1.82) is 0 Å². The number of ether oxygens (including phenoxy) is 2. The molecule has 1 aliphatic heterocycles. The van der Waals surface area contributed by atoms with E-state index in [0.29, 0.717) is 17.4 Å². The Morgan fingerprint density at radius 2 is 1.77 bits per heavy atom. The minimum absolute atomic E-state index is 0.0505. The fourth-order valence-corrected chi connectivity index (χ4v) is 5.64. The van der Waals surface area contributed by atoms with Crippen LogP contribution in [-0.4, -0.2) is 68.7 Å². The van der Waals surface area contributed by atoms with Gasteiger partial charge in [0.25, 0.3) is 5.91 Å². The molecular formula is C29H30F5N3O6S. The lowest BCUT2D eigenvalue weighted by atomic mass is 10.1. The number of sulfone groups is 1. The smallest absolute Gasteiger partial charge is 0.417 e. The molecule has 1 amide bonds. The summed E-state index contributed by atoms with van der Waals surface area (Å²) in [5.74, 6) is -0.635. The van der Waals surface area contributed by atoms with Gasteiger partial charge in [-0.3, -0.25) is 4.79 Å². The second kappa shape index (κ2) is 13.9. The van der Waals surface area contributed by atoms with Gasteiger partial charge in [-0.2, -0.15) is 22.0 Å². The number of nitrogens with one attached hydrogen (secondary N) is 1. The summed E-state index contributed by atoms with van der Waals surface area (Å²) >= 11 is 0. The lowest BCUT2D eigenvalue weighted by molar-refractivity contribution is -0.138. The Hall–Kier alpha value is -3.82. The summed E-state index contributed by atoms with van der Waals surface area (Å²) in [7, 11) is -3.41. The van der Waals surface area contributed by atoms with Crippen LogP contribution in [0.15, 0.2) is 71.8 Å². The molecule has 3 atom stereocenters. The number of aliphatic hydroxyl groups excluding tert-OH is 1. The second-order valence-electron chi connectivity index (χ2n) is 9.99. The van der Waals surface area contributed by atoms with Gasteiger partial charge in [-0.15, -0.1) is 0 Å². The lowest BCUT2D eigenvalue weighted by Gasteiger charge is -2.26. The molecule has 1 saturated heterocycles. The lowest BCUT2D eigenvalue weighted by Crippen LogP contribution is -2.34. The van der Waals surface area contributed by atoms with E-state index in [1.54, 1.807) is 17.0 Å². The van der Waals surface area contributed by atoms with Crippen molar-refractivity contribution in [3.63, 3.8) is 0 Å². The van der Waals surface area contributed by atoms with Gasteiger partial charge in [0.2, 0.25) is 5.88 Å². The SMILES string of the molecule is CCS(=O)(=O)c1ccc([C@H](CO)NC(=O)c2ccc(N3CC(Oc4ccc(C(F)(F)F)cn4)C[C@H]3COC(F)F)cc2)cc1. The van der Waals surface area contributed by atoms with E-state index in [1.165, 1.54) is 43.3 Å². The van der Waals surface area contributed by atoms with Crippen LogP contribution in [0.4, 0.5) is 27.6 Å². The monoisotopic (exact) mass is 643 g/mol. The highest BCUT2D eigenvalue weighted by atomic mass is 32.2. The number of pyridine rings is 1. The van der Waals surface area contributed by atoms with Crippen LogP contribution in [0.1, 0.15) is 40.9 Å². The Morgan fingerprint density at radius 1 is 1.09 bits per heavy atom. The number of carbonyl (C=O) groups is 1. The number of halogens is 5. The third kappa shape index (κ3) is 8.21. The number of benzene rings is 2. The summed E-state index contributed by atoms with van der Waals surface area (Å²) in [5.41, 5.74) is 0.358. The molecule has 1 fully saturated rings. The predicted octanol–water partition coefficient (Wildman–Crippen LogP) is 4.62. The summed E-state index contributed by atoms with van der Waals surface area (Å²) in [4.78, 5) is 18.5. The molecule has 0 aliphatic carbocycles. The Bertz CT molecular complexity index is 1500. The molecule has 2 aromatic carbocycles. The van der Waals surface area contributed by atoms with Crippen molar-refractivity contribution in [3.8, 4) is 5.88 Å². The van der Waals surface area contributed by atoms with Gasteiger partial charge in [-0.1, -0.05) is 19.1 Å². The molecule has 1 aromatic heterocycles. The number of aliphatic hydroxyl groups is 1. The number of hydrogen-bond acceptors (Lipinski definition) is 8. The van der Waals surface area contributed by atoms with Gasteiger partial charge >= 0.3 is 12.8 Å². The summed E-state index contributed by atoms with van der Waals surface area (Å²) in [5, 5.41) is 12.6. The topological polar surface area (TPSA) is 118 Å². The Kier molecular flexibility index (Phi) is 10.4. The van der Waals surface area contributed by atoms with Crippen molar-refractivity contribution in [2.45, 2.75) is 49.2 Å². The van der Waals surface area contributed by atoms with E-state index in [0.717, 1.165) is 12.1 Å². The van der Waals surface area contributed by atoms with Crippen LogP contribution in [-0.2, 0) is 20.8 Å². The van der Waals surface area contributed by atoms with Crippen molar-refractivity contribution in [2.24, 2.45) is 0 Å². The molecule has 9 nitrogen and oxygen atoms in total. The Morgan fingerprint density at radius 3 is 2.32 bits per heavy atom. The molecule has 15 heteroatoms. The van der Waals surface area contributed by atoms with E-state index in [2.05, 4.69) is 15.0 Å². The quantitative estimate of drug-likeness (QED) is 0.275. The summed E-state index contributed by atoms with van der Waals surface area (Å²) in [6, 6.07) is 12.6. The largest absolute Gasteiger partial charge is 0.472 e. The number of hydrogen-bond donors (Lipinski definition) is 2. The minimum atomic E-state index is -4.55. The normalized spacial score (nSPS) is 18.0. The third-order valence-corrected chi connectivity index (χ3v) is 8.86. The van der Waals surface area contributed by atoms with E-state index in [1.807, 2.05) is 0 Å². The molecular weight excluding hydrogens is 613 g/mol. The first-order valence-corrected chi connectivity index (χ1v) is 15.2. The summed E-state index contributed by atoms with van der Waals surface area (Å²) in [6.45, 7) is -2.10. The van der Waals surface area contributed by atoms with Gasteiger partial charge < -0.3 is 24.8 Å². The Labute approximate surface area is 250 Å². The fraction of sp³-hybridized carbons (Fsp3) is 0.379. The molecule has 0 saturated carbocycles. The average molecular weight is 644 g/mol. The molecule has 0 spiro atoms. The minimum Gasteiger partial charge on any atom is -0.472 e. The number of aromatic nitrogens is 1. The first-order chi connectivity index (χ1) is 20.8. The maximum absolute atomic E-state index is 12.9. The van der Waals surface area contributed by atoms with Crippen molar-refractivity contribution >= 4 is 21.4 Å². The van der Waals surface area contributed by atoms with Crippen LogP contribution < -0.4 is 15.0 Å². The fourth-order valence-electron chi connectivity index (χ4n) is 4.76. The van der Waals surface area contributed by atoms with E-state index in [-0.39, 0.29) is 41.7 Å². The molecule has 1 aliphatic rings. The van der Waals surface area contributed by atoms with Crippen molar-refractivity contribution in [3.05, 3.63) is 83.6 Å². The van der Waals surface area contributed by atoms with Crippen LogP contribution in [0, 0.1) is 0 Å². The van der Waals surface area contributed by atoms with Crippen molar-refractivity contribution in [1.82, 2.24) is 10.3 Å². The standard InChI is InChI=1S/C29H30F5N3O6S/c1-2-44(40,41)24-10-5-18(6-11-24)25(16-38)36-27(39)19-3-8-21(9-4-19)37-15-23(13-22(37)17-42-28(30)31)43-26-12-7-20(14-35-26)29(32,33)34/h3-12,14,22-23,25,28,38H,2,13,15-17H2,1H3,(H,36,39)/t22-,23?,25-/m0/s1. The van der Waals surface area contributed by atoms with Crippen LogP contribution in [0.3, 0.4) is 0 Å². The highest BCUT2D eigenvalue weighted by Gasteiger charge is 2.35. The van der Waals surface area contributed by atoms with Crippen LogP contribution >= 0.6 is 0 Å². The third-order valence-electron chi connectivity index (χ3n) is 7.11. The van der Waals surface area contributed by atoms with E-state index in [4.69, 9.17) is 4.74 Å². The summed E-state index contributed by atoms with van der Waals surface area (Å²) in [6.07, 6.45) is -4.29. The zero-order chi connectivity index (χ0) is 32.1. The number of carbonyl (C=O) groups excluding carboxylic acids is 1. The highest BCUT2D eigenvalue weighted by molar-refractivity contribution is 7.91. The number of anilines is 1. The predicted molar refractivity (Wildman–Crippen MR) is 149 cm³/mol. The molecule has 4 rings (SSSR count). The van der Waals surface area contributed by atoms with Gasteiger partial charge in [0.05, 0.1) is 48.1 Å². The molecule has 0 radical (unpaired) electrons. The molecule has 238 valence electrons. The molecule has 2 N–H and O–H groups in total. The molecule has 1 unspecified atom stereocenters. The number of rotatable bonds is 12. The van der Waals surface area contributed by atoms with Crippen molar-refractivity contribution < 1.29 is 49.7 Å². The van der Waals surface area contributed by atoms with Gasteiger partial charge in [0.15, 0.2) is 9.84 Å². The number of alkyl halides is 5. The van der Waals surface area contributed by atoms with Crippen LogP contribution in [0.5, 0.6) is 5.88 Å². The maximum Gasteiger partial charge on any atom is 0.417 e. The van der Waals surface area contributed by atoms with Gasteiger partial charge in [-0.05, 0) is 48.0 Å². The zero-order valence-electron chi connectivity index (χ0n) is 23.4. The van der Waals surface area contributed by atoms with E-state index in [9.17, 15) is 40.3 Å². The molecule has 44 heavy (non-hydrogen) atoms. The van der Waals surface area contributed by atoms with Crippen LogP contribution in [0.2, 0.25) is 0 Å². The average Bonchev–Trinajstić information content (AvgIpc) is 3.41. The van der Waals surface area contributed by atoms with E-state index >= 15 is 0 Å². The second-order valence-corrected chi connectivity index (χ2v) is 12.3. The molecule has 2 heterocycles. The highest BCUT2D eigenvalue weighted by Crippen LogP contribution is 2.32. The molecule has 0 bridgehead atoms. The van der Waals surface area contributed by atoms with E-state index < -0.39 is 58.9 Å². The van der Waals surface area contributed by atoms with Gasteiger partial charge in [-0.25, -0.2) is 13.4 Å². The first kappa shape index (κ1) is 33.1. The first-order valence-electron chi connectivity index (χ1n) is 13.5. The Balaban J connectivity index is 1.44. The number of nitrogens with zero attached hydrogens (tertiary/aromatic N) is 2. The number of amides is 1. The maximum atomic E-state index is 12.9. The van der Waals surface area contributed by atoms with Gasteiger partial charge in [0.1, 0.15) is 6.10 Å². The van der Waals surface area contributed by atoms with Crippen molar-refractivity contribution in [2.75, 3.05) is 30.4 Å².